The van der Waals surface area contributed by atoms with Crippen LogP contribution in [-0.2, 0) is 25.6 Å². The molecule has 1 aromatic rings. The van der Waals surface area contributed by atoms with Gasteiger partial charge in [0.05, 0.1) is 6.04 Å². The molecule has 0 aliphatic rings. The number of thioether (sulfide) groups is 1. The average Bonchev–Trinajstić information content (AvgIpc) is 2.84. The second kappa shape index (κ2) is 16.1. The summed E-state index contributed by atoms with van der Waals surface area (Å²) in [5.41, 5.74) is 6.62. The molecule has 0 spiro atoms. The van der Waals surface area contributed by atoms with Gasteiger partial charge < -0.3 is 31.9 Å². The summed E-state index contributed by atoms with van der Waals surface area (Å²) in [5.74, 6) is -2.35. The van der Waals surface area contributed by atoms with Crippen molar-refractivity contribution in [3.05, 3.63) is 29.8 Å². The molecule has 0 saturated heterocycles. The summed E-state index contributed by atoms with van der Waals surface area (Å²) in [6.45, 7) is 7.36. The maximum absolute atomic E-state index is 13.3. The van der Waals surface area contributed by atoms with Gasteiger partial charge in [-0.25, -0.2) is 4.79 Å². The second-order valence-corrected chi connectivity index (χ2v) is 10.7. The zero-order valence-corrected chi connectivity index (χ0v) is 23.1. The Hall–Kier alpha value is -2.79. The Labute approximate surface area is 223 Å². The van der Waals surface area contributed by atoms with Crippen LogP contribution < -0.4 is 21.7 Å². The van der Waals surface area contributed by atoms with E-state index in [1.54, 1.807) is 30.8 Å². The van der Waals surface area contributed by atoms with Crippen LogP contribution in [0.5, 0.6) is 5.75 Å². The maximum Gasteiger partial charge on any atom is 0.326 e. The number of rotatable bonds is 16. The zero-order valence-electron chi connectivity index (χ0n) is 22.3. The van der Waals surface area contributed by atoms with Crippen LogP contribution >= 0.6 is 11.8 Å². The van der Waals surface area contributed by atoms with Gasteiger partial charge in [-0.05, 0) is 54.4 Å². The number of phenols is 1. The third kappa shape index (κ3) is 11.4. The van der Waals surface area contributed by atoms with Gasteiger partial charge >= 0.3 is 5.97 Å². The molecule has 1 rings (SSSR count). The average molecular weight is 539 g/mol. The molecule has 5 atom stereocenters. The summed E-state index contributed by atoms with van der Waals surface area (Å²) in [6, 6.07) is 2.22. The fourth-order valence-electron chi connectivity index (χ4n) is 3.64. The third-order valence-electron chi connectivity index (χ3n) is 6.10. The first-order valence-corrected chi connectivity index (χ1v) is 13.9. The number of hydrogen-bond donors (Lipinski definition) is 6. The molecule has 5 unspecified atom stereocenters. The van der Waals surface area contributed by atoms with Crippen LogP contribution in [0.25, 0.3) is 0 Å². The number of nitrogens with two attached hydrogens (primary N) is 1. The van der Waals surface area contributed by atoms with Crippen LogP contribution in [0.3, 0.4) is 0 Å². The van der Waals surface area contributed by atoms with Gasteiger partial charge in [-0.3, -0.25) is 14.4 Å². The van der Waals surface area contributed by atoms with Crippen molar-refractivity contribution >= 4 is 35.5 Å². The highest BCUT2D eigenvalue weighted by atomic mass is 32.2. The van der Waals surface area contributed by atoms with Crippen molar-refractivity contribution in [3.63, 3.8) is 0 Å². The molecule has 0 saturated carbocycles. The molecule has 37 heavy (non-hydrogen) atoms. The maximum atomic E-state index is 13.3. The van der Waals surface area contributed by atoms with Crippen molar-refractivity contribution < 1.29 is 29.4 Å². The highest BCUT2D eigenvalue weighted by Crippen LogP contribution is 2.14. The van der Waals surface area contributed by atoms with E-state index in [0.29, 0.717) is 30.6 Å². The van der Waals surface area contributed by atoms with E-state index in [2.05, 4.69) is 16.0 Å². The quantitative estimate of drug-likeness (QED) is 0.184. The van der Waals surface area contributed by atoms with Crippen molar-refractivity contribution in [2.75, 3.05) is 12.0 Å². The fourth-order valence-corrected chi connectivity index (χ4v) is 4.13. The van der Waals surface area contributed by atoms with Gasteiger partial charge in [0.15, 0.2) is 0 Å². The molecule has 0 fully saturated rings. The first-order valence-electron chi connectivity index (χ1n) is 12.6. The van der Waals surface area contributed by atoms with E-state index in [1.165, 1.54) is 12.1 Å². The molecule has 11 heteroatoms. The highest BCUT2D eigenvalue weighted by molar-refractivity contribution is 7.98. The number of carboxylic acids is 1. The minimum Gasteiger partial charge on any atom is -0.508 e. The number of carboxylic acid groups (broad SMARTS) is 1. The number of amides is 3. The predicted octanol–water partition coefficient (Wildman–Crippen LogP) is 1.65. The lowest BCUT2D eigenvalue weighted by Crippen LogP contribution is -2.58. The Bertz CT molecular complexity index is 896. The Morgan fingerprint density at radius 2 is 1.51 bits per heavy atom. The Morgan fingerprint density at radius 3 is 2.03 bits per heavy atom. The van der Waals surface area contributed by atoms with Crippen LogP contribution in [0.2, 0.25) is 0 Å². The van der Waals surface area contributed by atoms with E-state index in [1.807, 2.05) is 27.0 Å². The molecule has 208 valence electrons. The second-order valence-electron chi connectivity index (χ2n) is 9.72. The lowest BCUT2D eigenvalue weighted by atomic mass is 9.97. The summed E-state index contributed by atoms with van der Waals surface area (Å²) >= 11 is 1.57. The molecule has 0 heterocycles. The Balaban J connectivity index is 3.16. The molecule has 0 aliphatic heterocycles. The van der Waals surface area contributed by atoms with Crippen LogP contribution in [0, 0.1) is 11.8 Å². The molecule has 7 N–H and O–H groups in total. The number of benzene rings is 1. The molecule has 0 bridgehead atoms. The number of phenolic OH excluding ortho intramolecular Hbond substituents is 1. The molecular formula is C26H42N4O6S. The molecule has 0 aliphatic carbocycles. The standard InChI is InChI=1S/C26H42N4O6S/c1-6-16(4)22(26(35)36)30-25(34)21(14-17-7-9-18(31)10-8-17)29-24(33)20(13-15(2)3)28-23(32)19(27)11-12-37-5/h7-10,15-16,19-22,31H,6,11-14,27H2,1-5H3,(H,28,32)(H,29,33)(H,30,34)(H,35,36). The van der Waals surface area contributed by atoms with Gasteiger partial charge in [0.1, 0.15) is 23.9 Å². The van der Waals surface area contributed by atoms with Crippen LogP contribution in [0.4, 0.5) is 0 Å². The zero-order chi connectivity index (χ0) is 28.1. The third-order valence-corrected chi connectivity index (χ3v) is 6.74. The lowest BCUT2D eigenvalue weighted by Gasteiger charge is -2.27. The van der Waals surface area contributed by atoms with E-state index in [-0.39, 0.29) is 24.0 Å². The van der Waals surface area contributed by atoms with Crippen molar-refractivity contribution in [2.24, 2.45) is 17.6 Å². The molecule has 0 aromatic heterocycles. The smallest absolute Gasteiger partial charge is 0.326 e. The fraction of sp³-hybridized carbons (Fsp3) is 0.615. The molecular weight excluding hydrogens is 496 g/mol. The van der Waals surface area contributed by atoms with Crippen LogP contribution in [0.1, 0.15) is 52.5 Å². The number of carbonyl (C=O) groups is 4. The van der Waals surface area contributed by atoms with E-state index >= 15 is 0 Å². The monoisotopic (exact) mass is 538 g/mol. The first-order chi connectivity index (χ1) is 17.4. The number of aliphatic carboxylic acids is 1. The van der Waals surface area contributed by atoms with Gasteiger partial charge in [-0.15, -0.1) is 0 Å². The molecule has 0 radical (unpaired) electrons. The van der Waals surface area contributed by atoms with Crippen LogP contribution in [-0.4, -0.2) is 70.1 Å². The number of nitrogens with one attached hydrogen (secondary N) is 3. The Morgan fingerprint density at radius 1 is 0.946 bits per heavy atom. The van der Waals surface area contributed by atoms with Gasteiger partial charge in [0, 0.05) is 6.42 Å². The van der Waals surface area contributed by atoms with Gasteiger partial charge in [-0.2, -0.15) is 11.8 Å². The SMILES string of the molecule is CCC(C)C(NC(=O)C(Cc1ccc(O)cc1)NC(=O)C(CC(C)C)NC(=O)C(N)CCSC)C(=O)O. The number of carbonyl (C=O) groups excluding carboxylic acids is 3. The number of hydrogen-bond acceptors (Lipinski definition) is 7. The van der Waals surface area contributed by atoms with Crippen molar-refractivity contribution in [2.45, 2.75) is 77.5 Å². The summed E-state index contributed by atoms with van der Waals surface area (Å²) < 4.78 is 0. The van der Waals surface area contributed by atoms with Crippen LogP contribution in [0.15, 0.2) is 24.3 Å². The summed E-state index contributed by atoms with van der Waals surface area (Å²) in [7, 11) is 0. The molecule has 1 aromatic carbocycles. The summed E-state index contributed by atoms with van der Waals surface area (Å²) in [5, 5.41) is 27.2. The van der Waals surface area contributed by atoms with Gasteiger partial charge in [-0.1, -0.05) is 46.2 Å². The van der Waals surface area contributed by atoms with E-state index in [9.17, 15) is 29.4 Å². The Kier molecular flexibility index (Phi) is 14.1. The molecule has 10 nitrogen and oxygen atoms in total. The number of aromatic hydroxyl groups is 1. The van der Waals surface area contributed by atoms with Gasteiger partial charge in [0.2, 0.25) is 17.7 Å². The van der Waals surface area contributed by atoms with Crippen molar-refractivity contribution in [1.29, 1.82) is 0 Å². The topological polar surface area (TPSA) is 171 Å². The van der Waals surface area contributed by atoms with E-state index < -0.39 is 47.9 Å². The van der Waals surface area contributed by atoms with Crippen molar-refractivity contribution in [1.82, 2.24) is 16.0 Å². The highest BCUT2D eigenvalue weighted by Gasteiger charge is 2.32. The summed E-state index contributed by atoms with van der Waals surface area (Å²) in [4.78, 5) is 50.9. The summed E-state index contributed by atoms with van der Waals surface area (Å²) in [6.07, 6.45) is 3.28. The predicted molar refractivity (Wildman–Crippen MR) is 145 cm³/mol. The van der Waals surface area contributed by atoms with Crippen molar-refractivity contribution in [3.8, 4) is 5.75 Å². The minimum atomic E-state index is -1.17. The normalized spacial score (nSPS) is 15.2. The van der Waals surface area contributed by atoms with Gasteiger partial charge in [0.25, 0.3) is 0 Å². The molecule has 3 amide bonds. The van der Waals surface area contributed by atoms with E-state index in [4.69, 9.17) is 5.73 Å². The van der Waals surface area contributed by atoms with E-state index in [0.717, 1.165) is 0 Å². The first kappa shape index (κ1) is 32.2. The largest absolute Gasteiger partial charge is 0.508 e. The minimum absolute atomic E-state index is 0.0500. The lowest BCUT2D eigenvalue weighted by molar-refractivity contribution is -0.143.